The van der Waals surface area contributed by atoms with E-state index < -0.39 is 0 Å². The molecule has 3 heterocycles. The molecule has 3 rings (SSSR count). The first-order valence-electron chi connectivity index (χ1n) is 8.46. The highest BCUT2D eigenvalue weighted by Gasteiger charge is 2.20. The van der Waals surface area contributed by atoms with Crippen molar-refractivity contribution >= 4 is 11.7 Å². The number of anilines is 1. The van der Waals surface area contributed by atoms with Crippen molar-refractivity contribution in [1.29, 1.82) is 0 Å². The fraction of sp³-hybridized carbons (Fsp3) is 0.529. The van der Waals surface area contributed by atoms with Gasteiger partial charge in [-0.2, -0.15) is 10.2 Å². The Bertz CT molecular complexity index is 725. The molecule has 8 heteroatoms. The summed E-state index contributed by atoms with van der Waals surface area (Å²) >= 11 is 0. The van der Waals surface area contributed by atoms with Gasteiger partial charge in [-0.05, 0) is 24.1 Å². The van der Waals surface area contributed by atoms with Crippen LogP contribution in [0.2, 0.25) is 0 Å². The molecule has 1 N–H and O–H groups in total. The predicted octanol–water partition coefficient (Wildman–Crippen LogP) is 1.08. The summed E-state index contributed by atoms with van der Waals surface area (Å²) in [4.78, 5) is 13.7. The van der Waals surface area contributed by atoms with Crippen molar-refractivity contribution in [2.24, 2.45) is 0 Å². The number of ether oxygens (including phenoxy) is 1. The minimum absolute atomic E-state index is 0.0619. The second kappa shape index (κ2) is 7.60. The summed E-state index contributed by atoms with van der Waals surface area (Å²) in [6, 6.07) is 6.09. The lowest BCUT2D eigenvalue weighted by molar-refractivity contribution is -0.124. The van der Waals surface area contributed by atoms with Crippen LogP contribution in [0.3, 0.4) is 0 Å². The maximum atomic E-state index is 11.5. The van der Waals surface area contributed by atoms with Crippen LogP contribution in [-0.2, 0) is 29.2 Å². The van der Waals surface area contributed by atoms with Crippen molar-refractivity contribution in [3.8, 4) is 0 Å². The van der Waals surface area contributed by atoms with Gasteiger partial charge in [0.05, 0.1) is 36.7 Å². The second-order valence-electron chi connectivity index (χ2n) is 6.45. The van der Waals surface area contributed by atoms with Crippen molar-refractivity contribution in [1.82, 2.24) is 25.3 Å². The number of rotatable bonds is 6. The van der Waals surface area contributed by atoms with Gasteiger partial charge in [0.1, 0.15) is 6.61 Å². The Morgan fingerprint density at radius 1 is 1.32 bits per heavy atom. The van der Waals surface area contributed by atoms with E-state index >= 15 is 0 Å². The van der Waals surface area contributed by atoms with Crippen molar-refractivity contribution < 1.29 is 9.53 Å². The van der Waals surface area contributed by atoms with Crippen molar-refractivity contribution in [3.05, 3.63) is 35.3 Å². The highest BCUT2D eigenvalue weighted by atomic mass is 16.5. The topological polar surface area (TPSA) is 85.2 Å². The van der Waals surface area contributed by atoms with E-state index in [-0.39, 0.29) is 12.5 Å². The van der Waals surface area contributed by atoms with Gasteiger partial charge in [0.15, 0.2) is 5.82 Å². The van der Waals surface area contributed by atoms with Crippen LogP contribution in [0.15, 0.2) is 18.2 Å². The van der Waals surface area contributed by atoms with Gasteiger partial charge in [-0.3, -0.25) is 9.48 Å². The van der Waals surface area contributed by atoms with Gasteiger partial charge in [0.2, 0.25) is 5.91 Å². The summed E-state index contributed by atoms with van der Waals surface area (Å²) < 4.78 is 6.79. The molecule has 0 unspecified atom stereocenters. The van der Waals surface area contributed by atoms with Gasteiger partial charge >= 0.3 is 0 Å². The highest BCUT2D eigenvalue weighted by molar-refractivity contribution is 5.77. The number of hydrogen-bond acceptors (Lipinski definition) is 6. The first kappa shape index (κ1) is 17.3. The van der Waals surface area contributed by atoms with E-state index in [0.717, 1.165) is 42.5 Å². The van der Waals surface area contributed by atoms with E-state index in [1.54, 1.807) is 0 Å². The van der Waals surface area contributed by atoms with E-state index in [1.165, 1.54) is 7.11 Å². The highest BCUT2D eigenvalue weighted by Crippen LogP contribution is 2.20. The Morgan fingerprint density at radius 3 is 2.84 bits per heavy atom. The third-order valence-electron chi connectivity index (χ3n) is 4.18. The van der Waals surface area contributed by atoms with E-state index in [1.807, 2.05) is 22.9 Å². The fourth-order valence-electron chi connectivity index (χ4n) is 2.79. The molecule has 25 heavy (non-hydrogen) atoms. The van der Waals surface area contributed by atoms with Gasteiger partial charge in [-0.1, -0.05) is 13.8 Å². The minimum atomic E-state index is -0.143. The summed E-state index contributed by atoms with van der Waals surface area (Å²) in [5.74, 6) is 1.11. The zero-order valence-electron chi connectivity index (χ0n) is 14.9. The Hall–Kier alpha value is -2.48. The summed E-state index contributed by atoms with van der Waals surface area (Å²) in [5.41, 5.74) is 2.96. The molecular weight excluding hydrogens is 320 g/mol. The molecule has 0 fully saturated rings. The molecule has 0 saturated carbocycles. The minimum Gasteiger partial charge on any atom is -0.375 e. The van der Waals surface area contributed by atoms with Crippen molar-refractivity contribution in [3.63, 3.8) is 0 Å². The molecule has 0 saturated heterocycles. The third-order valence-corrected chi connectivity index (χ3v) is 4.18. The number of nitrogens with one attached hydrogen (secondary N) is 1. The lowest BCUT2D eigenvalue weighted by Gasteiger charge is -2.28. The summed E-state index contributed by atoms with van der Waals surface area (Å²) in [7, 11) is 1.50. The van der Waals surface area contributed by atoms with E-state index in [2.05, 4.69) is 39.4 Å². The summed E-state index contributed by atoms with van der Waals surface area (Å²) in [6.07, 6.45) is 0. The molecule has 0 aromatic carbocycles. The standard InChI is InChI=1S/C17H24N6O2/c1-12(2)15-4-5-16(20-19-15)22-6-7-23-14(10-22)8-13(21-23)9-18-17(24)11-25-3/h4-5,8,12H,6-7,9-11H2,1-3H3,(H,18,24). The molecule has 0 spiro atoms. The second-order valence-corrected chi connectivity index (χ2v) is 6.45. The molecule has 134 valence electrons. The van der Waals surface area contributed by atoms with Crippen LogP contribution >= 0.6 is 0 Å². The van der Waals surface area contributed by atoms with Crippen LogP contribution in [0.4, 0.5) is 5.82 Å². The molecule has 2 aromatic heterocycles. The van der Waals surface area contributed by atoms with E-state index in [0.29, 0.717) is 12.5 Å². The molecule has 2 aromatic rings. The average Bonchev–Trinajstić information content (AvgIpc) is 3.02. The zero-order chi connectivity index (χ0) is 17.8. The normalized spacial score (nSPS) is 13.8. The van der Waals surface area contributed by atoms with Crippen LogP contribution in [0, 0.1) is 0 Å². The van der Waals surface area contributed by atoms with E-state index in [4.69, 9.17) is 4.74 Å². The smallest absolute Gasteiger partial charge is 0.246 e. The Morgan fingerprint density at radius 2 is 2.16 bits per heavy atom. The molecule has 1 aliphatic rings. The molecular formula is C17H24N6O2. The number of nitrogens with zero attached hydrogens (tertiary/aromatic N) is 5. The SMILES string of the molecule is COCC(=O)NCc1cc2n(n1)CCN(c1ccc(C(C)C)nn1)C2. The van der Waals surface area contributed by atoms with Crippen LogP contribution in [0.1, 0.15) is 36.8 Å². The number of hydrogen-bond donors (Lipinski definition) is 1. The Labute approximate surface area is 147 Å². The summed E-state index contributed by atoms with van der Waals surface area (Å²) in [6.45, 7) is 7.03. The molecule has 1 amide bonds. The van der Waals surface area contributed by atoms with Gasteiger partial charge in [-0.15, -0.1) is 5.10 Å². The predicted molar refractivity (Wildman–Crippen MR) is 93.1 cm³/mol. The Kier molecular flexibility index (Phi) is 5.28. The average molecular weight is 344 g/mol. The number of methoxy groups -OCH3 is 1. The van der Waals surface area contributed by atoms with Gasteiger partial charge in [0.25, 0.3) is 0 Å². The monoisotopic (exact) mass is 344 g/mol. The third kappa shape index (κ3) is 4.14. The lowest BCUT2D eigenvalue weighted by atomic mass is 10.1. The Balaban J connectivity index is 1.64. The van der Waals surface area contributed by atoms with Crippen molar-refractivity contribution in [2.45, 2.75) is 39.4 Å². The number of carbonyl (C=O) groups is 1. The number of amides is 1. The summed E-state index contributed by atoms with van der Waals surface area (Å²) in [5, 5.41) is 16.0. The fourth-order valence-corrected chi connectivity index (χ4v) is 2.79. The molecule has 0 bridgehead atoms. The van der Waals surface area contributed by atoms with Gasteiger partial charge < -0.3 is 15.0 Å². The van der Waals surface area contributed by atoms with Crippen LogP contribution in [0.5, 0.6) is 0 Å². The number of fused-ring (bicyclic) bond motifs is 1. The van der Waals surface area contributed by atoms with Crippen molar-refractivity contribution in [2.75, 3.05) is 25.2 Å². The molecule has 0 aliphatic carbocycles. The number of carbonyl (C=O) groups excluding carboxylic acids is 1. The molecule has 0 radical (unpaired) electrons. The van der Waals surface area contributed by atoms with Crippen LogP contribution < -0.4 is 10.2 Å². The lowest BCUT2D eigenvalue weighted by Crippen LogP contribution is -2.34. The first-order chi connectivity index (χ1) is 12.1. The maximum Gasteiger partial charge on any atom is 0.246 e. The number of aromatic nitrogens is 4. The molecule has 0 atom stereocenters. The maximum absolute atomic E-state index is 11.5. The van der Waals surface area contributed by atoms with Crippen LogP contribution in [-0.4, -0.2) is 46.1 Å². The van der Waals surface area contributed by atoms with Gasteiger partial charge in [-0.25, -0.2) is 0 Å². The molecule has 1 aliphatic heterocycles. The first-order valence-corrected chi connectivity index (χ1v) is 8.46. The van der Waals surface area contributed by atoms with E-state index in [9.17, 15) is 4.79 Å². The van der Waals surface area contributed by atoms with Gasteiger partial charge in [0, 0.05) is 13.7 Å². The zero-order valence-corrected chi connectivity index (χ0v) is 14.9. The largest absolute Gasteiger partial charge is 0.375 e. The quantitative estimate of drug-likeness (QED) is 0.844. The molecule has 8 nitrogen and oxygen atoms in total. The van der Waals surface area contributed by atoms with Crippen LogP contribution in [0.25, 0.3) is 0 Å².